The summed E-state index contributed by atoms with van der Waals surface area (Å²) in [6.07, 6.45) is 4.58. The number of aliphatic hydroxyl groups is 1. The molecule has 1 saturated carbocycles. The second kappa shape index (κ2) is 7.05. The monoisotopic (exact) mass is 370 g/mol. The van der Waals surface area contributed by atoms with Gasteiger partial charge in [0, 0.05) is 11.6 Å². The predicted molar refractivity (Wildman–Crippen MR) is 110 cm³/mol. The summed E-state index contributed by atoms with van der Waals surface area (Å²) in [7, 11) is 0. The van der Waals surface area contributed by atoms with Crippen LogP contribution < -0.4 is 5.32 Å². The van der Waals surface area contributed by atoms with Crippen molar-refractivity contribution in [3.8, 4) is 22.5 Å². The lowest BCUT2D eigenvalue weighted by Crippen LogP contribution is -2.17. The molecule has 139 valence electrons. The second-order valence-electron chi connectivity index (χ2n) is 7.07. The zero-order valence-corrected chi connectivity index (χ0v) is 15.2. The van der Waals surface area contributed by atoms with Gasteiger partial charge in [-0.3, -0.25) is 0 Å². The van der Waals surface area contributed by atoms with Crippen LogP contribution in [0.1, 0.15) is 12.8 Å². The molecule has 0 unspecified atom stereocenters. The number of nitrogens with one attached hydrogen (secondary N) is 2. The number of aromatic nitrogens is 4. The van der Waals surface area contributed by atoms with Gasteiger partial charge >= 0.3 is 0 Å². The maximum Gasteiger partial charge on any atom is 0.163 e. The van der Waals surface area contributed by atoms with E-state index >= 15 is 0 Å². The number of hydrogen-bond acceptors (Lipinski definition) is 5. The van der Waals surface area contributed by atoms with Gasteiger partial charge in [0.05, 0.1) is 6.10 Å². The van der Waals surface area contributed by atoms with Crippen molar-refractivity contribution in [1.29, 1.82) is 0 Å². The van der Waals surface area contributed by atoms with Crippen LogP contribution in [0.5, 0.6) is 0 Å². The van der Waals surface area contributed by atoms with E-state index in [-0.39, 0.29) is 12.1 Å². The van der Waals surface area contributed by atoms with Crippen LogP contribution in [0, 0.1) is 6.42 Å². The molecule has 0 aliphatic heterocycles. The number of benzene rings is 2. The van der Waals surface area contributed by atoms with Crippen molar-refractivity contribution in [2.75, 3.05) is 5.32 Å². The number of anilines is 1. The van der Waals surface area contributed by atoms with Gasteiger partial charge in [-0.15, -0.1) is 0 Å². The number of imidazole rings is 1. The van der Waals surface area contributed by atoms with Crippen LogP contribution in [-0.4, -0.2) is 37.2 Å². The highest BCUT2D eigenvalue weighted by atomic mass is 16.3. The minimum absolute atomic E-state index is 0.162. The fourth-order valence-electron chi connectivity index (χ4n) is 3.66. The van der Waals surface area contributed by atoms with Crippen molar-refractivity contribution in [2.45, 2.75) is 25.0 Å². The number of aliphatic hydroxyl groups excluding tert-OH is 1. The number of fused-ring (bicyclic) bond motifs is 1. The molecule has 6 nitrogen and oxygen atoms in total. The maximum absolute atomic E-state index is 9.71. The molecule has 0 bridgehead atoms. The Labute approximate surface area is 162 Å². The molecule has 2 atom stereocenters. The number of H-pyrrole nitrogens is 1. The zero-order chi connectivity index (χ0) is 18.9. The van der Waals surface area contributed by atoms with Gasteiger partial charge in [0.15, 0.2) is 17.0 Å². The van der Waals surface area contributed by atoms with E-state index in [1.165, 1.54) is 11.9 Å². The summed E-state index contributed by atoms with van der Waals surface area (Å²) in [4.78, 5) is 16.8. The van der Waals surface area contributed by atoms with Gasteiger partial charge in [-0.1, -0.05) is 48.5 Å². The first kappa shape index (κ1) is 16.9. The summed E-state index contributed by atoms with van der Waals surface area (Å²) < 4.78 is 0. The Bertz CT molecular complexity index is 1110. The average Bonchev–Trinajstić information content (AvgIpc) is 3.35. The minimum atomic E-state index is -0.356. The molecule has 1 fully saturated rings. The maximum atomic E-state index is 9.71. The molecule has 4 aromatic rings. The van der Waals surface area contributed by atoms with E-state index in [1.807, 2.05) is 36.8 Å². The Morgan fingerprint density at radius 2 is 1.79 bits per heavy atom. The van der Waals surface area contributed by atoms with Crippen LogP contribution in [0.3, 0.4) is 0 Å². The van der Waals surface area contributed by atoms with E-state index in [4.69, 9.17) is 4.98 Å². The third-order valence-corrected chi connectivity index (χ3v) is 5.09. The first-order valence-electron chi connectivity index (χ1n) is 9.41. The Morgan fingerprint density at radius 1 is 0.964 bits per heavy atom. The number of aromatic amines is 1. The molecule has 0 spiro atoms. The van der Waals surface area contributed by atoms with Crippen LogP contribution in [0.4, 0.5) is 5.82 Å². The third kappa shape index (κ3) is 3.23. The van der Waals surface area contributed by atoms with E-state index < -0.39 is 0 Å². The molecule has 2 heterocycles. The quantitative estimate of drug-likeness (QED) is 0.508. The summed E-state index contributed by atoms with van der Waals surface area (Å²) in [5.41, 5.74) is 4.70. The minimum Gasteiger partial charge on any atom is -0.393 e. The van der Waals surface area contributed by atoms with Crippen molar-refractivity contribution < 1.29 is 5.11 Å². The first-order chi connectivity index (χ1) is 13.8. The van der Waals surface area contributed by atoms with Gasteiger partial charge in [0.2, 0.25) is 0 Å². The van der Waals surface area contributed by atoms with Gasteiger partial charge in [-0.25, -0.2) is 15.0 Å². The van der Waals surface area contributed by atoms with Crippen LogP contribution in [0.2, 0.25) is 0 Å². The van der Waals surface area contributed by atoms with E-state index in [1.54, 1.807) is 0 Å². The van der Waals surface area contributed by atoms with E-state index in [0.29, 0.717) is 23.4 Å². The van der Waals surface area contributed by atoms with Crippen molar-refractivity contribution in [2.24, 2.45) is 0 Å². The third-order valence-electron chi connectivity index (χ3n) is 5.09. The lowest BCUT2D eigenvalue weighted by atomic mass is 10.0. The van der Waals surface area contributed by atoms with Crippen LogP contribution in [-0.2, 0) is 0 Å². The standard InChI is InChI=1S/C22H20N5O/c28-18-10-9-17(12-18)25-21-19-22(24-13-23-21)27-20(26-19)16-8-4-7-15(11-16)14-5-2-1-3-6-14/h1-8,10-11,13,17-18,28H,9,12H2,(H2,23,24,25,26,27)/t17-,18+/m1/s1. The number of rotatable bonds is 4. The molecule has 1 aliphatic carbocycles. The van der Waals surface area contributed by atoms with Gasteiger partial charge in [-0.05, 0) is 36.5 Å². The SMILES string of the molecule is O[C@H]1[CH]C[C@@H](Nc2ncnc3[nH]c(-c4cccc(-c5ccccc5)c4)nc23)C1. The predicted octanol–water partition coefficient (Wildman–Crippen LogP) is 3.83. The molecular formula is C22H20N5O. The highest BCUT2D eigenvalue weighted by molar-refractivity contribution is 5.86. The summed E-state index contributed by atoms with van der Waals surface area (Å²) in [5, 5.41) is 13.1. The Kier molecular flexibility index (Phi) is 4.25. The number of hydrogen-bond donors (Lipinski definition) is 3. The lowest BCUT2D eigenvalue weighted by molar-refractivity contribution is 0.213. The zero-order valence-electron chi connectivity index (χ0n) is 15.2. The highest BCUT2D eigenvalue weighted by Crippen LogP contribution is 2.28. The van der Waals surface area contributed by atoms with Crippen molar-refractivity contribution >= 4 is 17.0 Å². The smallest absolute Gasteiger partial charge is 0.163 e. The molecule has 3 N–H and O–H groups in total. The Balaban J connectivity index is 1.50. The topological polar surface area (TPSA) is 86.7 Å². The summed E-state index contributed by atoms with van der Waals surface area (Å²) in [5.74, 6) is 1.45. The van der Waals surface area contributed by atoms with Gasteiger partial charge in [0.25, 0.3) is 0 Å². The molecule has 5 rings (SSSR count). The average molecular weight is 370 g/mol. The Morgan fingerprint density at radius 3 is 2.61 bits per heavy atom. The van der Waals surface area contributed by atoms with Crippen molar-refractivity contribution in [3.05, 3.63) is 67.3 Å². The fourth-order valence-corrected chi connectivity index (χ4v) is 3.66. The molecule has 2 aromatic heterocycles. The first-order valence-corrected chi connectivity index (χ1v) is 9.41. The van der Waals surface area contributed by atoms with E-state index in [2.05, 4.69) is 44.5 Å². The normalized spacial score (nSPS) is 19.2. The molecule has 1 aliphatic rings. The van der Waals surface area contributed by atoms with Gasteiger partial charge in [0.1, 0.15) is 12.2 Å². The fraction of sp³-hybridized carbons (Fsp3) is 0.182. The van der Waals surface area contributed by atoms with E-state index in [9.17, 15) is 5.11 Å². The van der Waals surface area contributed by atoms with Gasteiger partial charge in [-0.2, -0.15) is 0 Å². The summed E-state index contributed by atoms with van der Waals surface area (Å²) in [6.45, 7) is 0. The molecule has 6 heteroatoms. The second-order valence-corrected chi connectivity index (χ2v) is 7.07. The molecule has 0 saturated heterocycles. The number of nitrogens with zero attached hydrogens (tertiary/aromatic N) is 3. The molecule has 1 radical (unpaired) electrons. The molecule has 2 aromatic carbocycles. The van der Waals surface area contributed by atoms with Crippen LogP contribution in [0.15, 0.2) is 60.9 Å². The van der Waals surface area contributed by atoms with Crippen molar-refractivity contribution in [1.82, 2.24) is 19.9 Å². The summed E-state index contributed by atoms with van der Waals surface area (Å²) in [6, 6.07) is 18.7. The van der Waals surface area contributed by atoms with Crippen LogP contribution >= 0.6 is 0 Å². The summed E-state index contributed by atoms with van der Waals surface area (Å²) >= 11 is 0. The van der Waals surface area contributed by atoms with Crippen LogP contribution in [0.25, 0.3) is 33.7 Å². The largest absolute Gasteiger partial charge is 0.393 e. The Hall–Kier alpha value is -3.25. The highest BCUT2D eigenvalue weighted by Gasteiger charge is 2.24. The van der Waals surface area contributed by atoms with E-state index in [0.717, 1.165) is 23.4 Å². The lowest BCUT2D eigenvalue weighted by Gasteiger charge is -2.12. The molecule has 0 amide bonds. The molecule has 28 heavy (non-hydrogen) atoms. The molecular weight excluding hydrogens is 350 g/mol. The van der Waals surface area contributed by atoms with Crippen molar-refractivity contribution in [3.63, 3.8) is 0 Å². The van der Waals surface area contributed by atoms with Gasteiger partial charge < -0.3 is 15.4 Å².